The van der Waals surface area contributed by atoms with Gasteiger partial charge in [0.15, 0.2) is 23.0 Å². The third kappa shape index (κ3) is 5.66. The minimum Gasteiger partial charge on any atom is -0.493 e. The van der Waals surface area contributed by atoms with Gasteiger partial charge in [-0.1, -0.05) is 25.8 Å². The number of hydrogen-bond acceptors (Lipinski definition) is 7. The highest BCUT2D eigenvalue weighted by Gasteiger charge is 2.24. The van der Waals surface area contributed by atoms with E-state index in [1.54, 1.807) is 0 Å². The lowest BCUT2D eigenvalue weighted by molar-refractivity contribution is -0.131. The first-order chi connectivity index (χ1) is 15.2. The first kappa shape index (κ1) is 24.0. The molecule has 0 spiro atoms. The topological polar surface area (TPSA) is 88.1 Å². The molecule has 0 amide bonds. The molecule has 0 saturated heterocycles. The van der Waals surface area contributed by atoms with Crippen molar-refractivity contribution in [2.75, 3.05) is 7.11 Å². The Labute approximate surface area is 182 Å². The molecule has 0 unspecified atom stereocenters. The van der Waals surface area contributed by atoms with Crippen molar-refractivity contribution in [3.8, 4) is 34.1 Å². The summed E-state index contributed by atoms with van der Waals surface area (Å²) in [7, 11) is 1.35. The van der Waals surface area contributed by atoms with E-state index in [9.17, 15) is 23.2 Å². The predicted molar refractivity (Wildman–Crippen MR) is 111 cm³/mol. The van der Waals surface area contributed by atoms with Crippen LogP contribution in [0.1, 0.15) is 12.0 Å². The molecule has 0 heterocycles. The Bertz CT molecular complexity index is 1090. The highest BCUT2D eigenvalue weighted by atomic mass is 19.3. The van der Waals surface area contributed by atoms with Crippen molar-refractivity contribution in [3.05, 3.63) is 73.9 Å². The number of carbonyl (C=O) groups is 3. The smallest absolute Gasteiger partial charge is 0.335 e. The van der Waals surface area contributed by atoms with E-state index in [4.69, 9.17) is 18.9 Å². The number of alkyl halides is 2. The number of halogens is 2. The highest BCUT2D eigenvalue weighted by molar-refractivity contribution is 5.88. The lowest BCUT2D eigenvalue weighted by atomic mass is 10.0. The minimum atomic E-state index is -3.10. The van der Waals surface area contributed by atoms with E-state index in [0.717, 1.165) is 24.3 Å². The maximum absolute atomic E-state index is 13.8. The Balaban J connectivity index is 2.71. The molecule has 7 nitrogen and oxygen atoms in total. The molecule has 9 heteroatoms. The number of hydrogen-bond donors (Lipinski definition) is 0. The molecule has 0 aliphatic rings. The van der Waals surface area contributed by atoms with E-state index in [2.05, 4.69) is 19.7 Å². The van der Waals surface area contributed by atoms with Crippen LogP contribution in [0.5, 0.6) is 23.0 Å². The van der Waals surface area contributed by atoms with Crippen LogP contribution in [0.3, 0.4) is 0 Å². The number of ether oxygens (including phenoxy) is 4. The van der Waals surface area contributed by atoms with Crippen molar-refractivity contribution in [1.82, 2.24) is 0 Å². The van der Waals surface area contributed by atoms with Gasteiger partial charge in [-0.05, 0) is 35.4 Å². The zero-order valence-corrected chi connectivity index (χ0v) is 16.9. The van der Waals surface area contributed by atoms with Crippen LogP contribution in [0.4, 0.5) is 8.78 Å². The molecule has 0 bridgehead atoms. The Morgan fingerprint density at radius 2 is 1.31 bits per heavy atom. The number of carbonyl (C=O) groups excluding carboxylic acids is 3. The average Bonchev–Trinajstić information content (AvgIpc) is 2.79. The highest BCUT2D eigenvalue weighted by Crippen LogP contribution is 2.43. The molecule has 2 aromatic carbocycles. The molecular weight excluding hydrogens is 426 g/mol. The van der Waals surface area contributed by atoms with Gasteiger partial charge in [0.25, 0.3) is 6.43 Å². The lowest BCUT2D eigenvalue weighted by Gasteiger charge is -2.16. The van der Waals surface area contributed by atoms with Crippen LogP contribution in [0.2, 0.25) is 0 Å². The third-order valence-corrected chi connectivity index (χ3v) is 3.94. The maximum atomic E-state index is 13.8. The number of methoxy groups -OCH3 is 1. The molecule has 166 valence electrons. The summed E-state index contributed by atoms with van der Waals surface area (Å²) in [6.07, 6.45) is -0.573. The van der Waals surface area contributed by atoms with Crippen molar-refractivity contribution in [1.29, 1.82) is 0 Å². The van der Waals surface area contributed by atoms with Crippen LogP contribution >= 0.6 is 0 Å². The van der Waals surface area contributed by atoms with Crippen LogP contribution < -0.4 is 18.9 Å². The molecule has 0 fully saturated rings. The van der Waals surface area contributed by atoms with Gasteiger partial charge in [-0.3, -0.25) is 0 Å². The second-order valence-corrected chi connectivity index (χ2v) is 5.93. The van der Waals surface area contributed by atoms with Crippen molar-refractivity contribution in [2.24, 2.45) is 0 Å². The Hall–Kier alpha value is -4.27. The fourth-order valence-corrected chi connectivity index (χ4v) is 2.52. The Kier molecular flexibility index (Phi) is 8.00. The summed E-state index contributed by atoms with van der Waals surface area (Å²) in [6, 6.07) is 6.56. The van der Waals surface area contributed by atoms with Crippen molar-refractivity contribution >= 4 is 17.9 Å². The molecule has 0 saturated carbocycles. The van der Waals surface area contributed by atoms with E-state index in [0.29, 0.717) is 5.56 Å². The van der Waals surface area contributed by atoms with Gasteiger partial charge >= 0.3 is 17.9 Å². The molecule has 0 N–H and O–H groups in total. The zero-order chi connectivity index (χ0) is 23.8. The summed E-state index contributed by atoms with van der Waals surface area (Å²) in [5.41, 5.74) is -0.272. The van der Waals surface area contributed by atoms with E-state index in [1.807, 2.05) is 0 Å². The largest absolute Gasteiger partial charge is 0.493 e. The normalized spacial score (nSPS) is 10.1. The predicted octanol–water partition coefficient (Wildman–Crippen LogP) is 4.57. The SMILES string of the molecule is C=CC(=O)Oc1cc(-c2cc(OC(=O)C=C)c(OC(=O)C=C)c(C(F)F)c2)ccc1OC. The fourth-order valence-electron chi connectivity index (χ4n) is 2.52. The van der Waals surface area contributed by atoms with Gasteiger partial charge in [-0.25, -0.2) is 23.2 Å². The summed E-state index contributed by atoms with van der Waals surface area (Å²) in [4.78, 5) is 35.0. The summed E-state index contributed by atoms with van der Waals surface area (Å²) in [6.45, 7) is 9.77. The van der Waals surface area contributed by atoms with Gasteiger partial charge in [-0.2, -0.15) is 0 Å². The van der Waals surface area contributed by atoms with Gasteiger partial charge in [0.1, 0.15) is 0 Å². The van der Waals surface area contributed by atoms with Crippen LogP contribution in [0.25, 0.3) is 11.1 Å². The van der Waals surface area contributed by atoms with Crippen LogP contribution in [0, 0.1) is 0 Å². The molecule has 2 aromatic rings. The molecule has 0 aliphatic heterocycles. The van der Waals surface area contributed by atoms with Gasteiger partial charge in [-0.15, -0.1) is 0 Å². The minimum absolute atomic E-state index is 0.000273. The summed E-state index contributed by atoms with van der Waals surface area (Å²) in [5.74, 6) is -3.64. The molecule has 32 heavy (non-hydrogen) atoms. The second kappa shape index (κ2) is 10.7. The van der Waals surface area contributed by atoms with Crippen molar-refractivity contribution < 1.29 is 42.1 Å². The first-order valence-corrected chi connectivity index (χ1v) is 8.91. The van der Waals surface area contributed by atoms with Gasteiger partial charge < -0.3 is 18.9 Å². The van der Waals surface area contributed by atoms with Crippen LogP contribution in [-0.4, -0.2) is 25.0 Å². The second-order valence-electron chi connectivity index (χ2n) is 5.93. The standard InChI is InChI=1S/C23H18F2O7/c1-5-19(26)30-17-11-13(8-9-16(17)29-4)14-10-15(23(24)25)22(32-21(28)7-3)18(12-14)31-20(27)6-2/h5-12,23H,1-3H2,4H3. The van der Waals surface area contributed by atoms with Crippen LogP contribution in [0.15, 0.2) is 68.3 Å². The molecule has 0 aromatic heterocycles. The van der Waals surface area contributed by atoms with Crippen LogP contribution in [-0.2, 0) is 14.4 Å². The Morgan fingerprint density at radius 1 is 0.781 bits per heavy atom. The van der Waals surface area contributed by atoms with Gasteiger partial charge in [0, 0.05) is 18.2 Å². The number of esters is 3. The monoisotopic (exact) mass is 444 g/mol. The van der Waals surface area contributed by atoms with E-state index in [-0.39, 0.29) is 17.1 Å². The average molecular weight is 444 g/mol. The molecular formula is C23H18F2O7. The maximum Gasteiger partial charge on any atom is 0.335 e. The van der Waals surface area contributed by atoms with Crippen molar-refractivity contribution in [2.45, 2.75) is 6.43 Å². The molecule has 0 radical (unpaired) electrons. The fraction of sp³-hybridized carbons (Fsp3) is 0.0870. The van der Waals surface area contributed by atoms with Gasteiger partial charge in [0.05, 0.1) is 12.7 Å². The number of rotatable bonds is 9. The summed E-state index contributed by atoms with van der Waals surface area (Å²) < 4.78 is 47.8. The lowest BCUT2D eigenvalue weighted by Crippen LogP contribution is -2.11. The van der Waals surface area contributed by atoms with E-state index < -0.39 is 41.4 Å². The molecule has 0 atom stereocenters. The summed E-state index contributed by atoms with van der Waals surface area (Å²) in [5, 5.41) is 0. The van der Waals surface area contributed by atoms with E-state index >= 15 is 0 Å². The van der Waals surface area contributed by atoms with E-state index in [1.165, 1.54) is 31.4 Å². The Morgan fingerprint density at radius 3 is 1.84 bits per heavy atom. The van der Waals surface area contributed by atoms with Crippen molar-refractivity contribution in [3.63, 3.8) is 0 Å². The van der Waals surface area contributed by atoms with Gasteiger partial charge in [0.2, 0.25) is 0 Å². The third-order valence-electron chi connectivity index (χ3n) is 3.94. The molecule has 2 rings (SSSR count). The quantitative estimate of drug-likeness (QED) is 0.318. The summed E-state index contributed by atoms with van der Waals surface area (Å²) >= 11 is 0. The molecule has 0 aliphatic carbocycles. The zero-order valence-electron chi connectivity index (χ0n) is 16.9. The number of benzene rings is 2. The first-order valence-electron chi connectivity index (χ1n) is 8.91.